The average Bonchev–Trinajstić information content (AvgIpc) is 2.34. The second-order valence-corrected chi connectivity index (χ2v) is 3.28. The van der Waals surface area contributed by atoms with E-state index in [1.54, 1.807) is 0 Å². The number of anilines is 1. The number of hydrogen-bond donors (Lipinski definition) is 1. The van der Waals surface area contributed by atoms with Crippen molar-refractivity contribution in [3.05, 3.63) is 28.8 Å². The van der Waals surface area contributed by atoms with Crippen molar-refractivity contribution in [1.29, 1.82) is 0 Å². The van der Waals surface area contributed by atoms with Crippen molar-refractivity contribution in [3.63, 3.8) is 0 Å². The predicted octanol–water partition coefficient (Wildman–Crippen LogP) is 2.69. The molecular formula is C10H14ClN. The Labute approximate surface area is 79.6 Å². The van der Waals surface area contributed by atoms with E-state index in [0.29, 0.717) is 0 Å². The van der Waals surface area contributed by atoms with Gasteiger partial charge >= 0.3 is 0 Å². The van der Waals surface area contributed by atoms with Gasteiger partial charge in [0.1, 0.15) is 0 Å². The Kier molecular flexibility index (Phi) is 2.63. The highest BCUT2D eigenvalue weighted by Gasteiger charge is 2.11. The van der Waals surface area contributed by atoms with Crippen molar-refractivity contribution in [3.8, 4) is 0 Å². The number of hydrogen-bond acceptors (Lipinski definition) is 1. The molecule has 0 unspecified atom stereocenters. The molecule has 1 heterocycles. The van der Waals surface area contributed by atoms with Crippen LogP contribution in [0.1, 0.15) is 16.7 Å². The van der Waals surface area contributed by atoms with E-state index in [1.165, 1.54) is 28.8 Å². The van der Waals surface area contributed by atoms with Gasteiger partial charge in [-0.15, -0.1) is 12.4 Å². The summed E-state index contributed by atoms with van der Waals surface area (Å²) in [5.41, 5.74) is 5.65. The van der Waals surface area contributed by atoms with Gasteiger partial charge in [0, 0.05) is 12.2 Å². The third kappa shape index (κ3) is 1.42. The van der Waals surface area contributed by atoms with Gasteiger partial charge < -0.3 is 5.32 Å². The van der Waals surface area contributed by atoms with Crippen molar-refractivity contribution >= 4 is 18.1 Å². The lowest BCUT2D eigenvalue weighted by atomic mass is 10.0. The predicted molar refractivity (Wildman–Crippen MR) is 55.4 cm³/mol. The van der Waals surface area contributed by atoms with Gasteiger partial charge in [0.05, 0.1) is 0 Å². The number of rotatable bonds is 0. The molecule has 2 heteroatoms. The van der Waals surface area contributed by atoms with Gasteiger partial charge in [0.2, 0.25) is 0 Å². The summed E-state index contributed by atoms with van der Waals surface area (Å²) in [7, 11) is 0. The quantitative estimate of drug-likeness (QED) is 0.652. The van der Waals surface area contributed by atoms with Gasteiger partial charge in [-0.2, -0.15) is 0 Å². The maximum Gasteiger partial charge on any atom is 0.0378 e. The molecule has 0 aliphatic carbocycles. The van der Waals surface area contributed by atoms with E-state index in [2.05, 4.69) is 31.3 Å². The van der Waals surface area contributed by atoms with E-state index in [1.807, 2.05) is 0 Å². The Morgan fingerprint density at radius 2 is 2.00 bits per heavy atom. The highest BCUT2D eigenvalue weighted by molar-refractivity contribution is 5.85. The Balaban J connectivity index is 0.000000720. The van der Waals surface area contributed by atoms with Crippen LogP contribution in [0.4, 0.5) is 5.69 Å². The molecule has 1 aromatic rings. The molecule has 0 fully saturated rings. The van der Waals surface area contributed by atoms with Gasteiger partial charge in [-0.1, -0.05) is 6.07 Å². The van der Waals surface area contributed by atoms with Crippen LogP contribution >= 0.6 is 12.4 Å². The van der Waals surface area contributed by atoms with Crippen molar-refractivity contribution < 1.29 is 0 Å². The van der Waals surface area contributed by atoms with Gasteiger partial charge in [0.25, 0.3) is 0 Å². The Morgan fingerprint density at radius 3 is 2.75 bits per heavy atom. The number of benzene rings is 1. The van der Waals surface area contributed by atoms with Crippen LogP contribution in [0.15, 0.2) is 12.1 Å². The summed E-state index contributed by atoms with van der Waals surface area (Å²) in [6, 6.07) is 4.49. The molecule has 0 atom stereocenters. The summed E-state index contributed by atoms with van der Waals surface area (Å²) >= 11 is 0. The fraction of sp³-hybridized carbons (Fsp3) is 0.400. The molecule has 2 rings (SSSR count). The van der Waals surface area contributed by atoms with Gasteiger partial charge in [0.15, 0.2) is 0 Å². The number of fused-ring (bicyclic) bond motifs is 1. The highest BCUT2D eigenvalue weighted by atomic mass is 35.5. The van der Waals surface area contributed by atoms with Crippen LogP contribution in [0.2, 0.25) is 0 Å². The maximum atomic E-state index is 3.38. The first kappa shape index (κ1) is 9.40. The number of nitrogens with one attached hydrogen (secondary N) is 1. The Bertz CT molecular complexity index is 294. The first-order valence-electron chi connectivity index (χ1n) is 4.11. The second-order valence-electron chi connectivity index (χ2n) is 3.28. The van der Waals surface area contributed by atoms with E-state index < -0.39 is 0 Å². The summed E-state index contributed by atoms with van der Waals surface area (Å²) in [6.45, 7) is 5.45. The summed E-state index contributed by atoms with van der Waals surface area (Å²) in [5.74, 6) is 0. The van der Waals surface area contributed by atoms with E-state index in [0.717, 1.165) is 6.54 Å². The molecule has 1 aliphatic heterocycles. The molecule has 0 saturated heterocycles. The topological polar surface area (TPSA) is 12.0 Å². The van der Waals surface area contributed by atoms with Crippen molar-refractivity contribution in [2.24, 2.45) is 0 Å². The lowest BCUT2D eigenvalue weighted by Crippen LogP contribution is -1.90. The van der Waals surface area contributed by atoms with Crippen LogP contribution in [-0.2, 0) is 6.42 Å². The molecule has 0 bridgehead atoms. The lowest BCUT2D eigenvalue weighted by molar-refractivity contribution is 1.09. The first-order valence-corrected chi connectivity index (χ1v) is 4.11. The van der Waals surface area contributed by atoms with Crippen molar-refractivity contribution in [2.75, 3.05) is 11.9 Å². The second kappa shape index (κ2) is 3.36. The number of aryl methyl sites for hydroxylation is 2. The van der Waals surface area contributed by atoms with E-state index >= 15 is 0 Å². The average molecular weight is 184 g/mol. The molecule has 1 aromatic carbocycles. The normalized spacial score (nSPS) is 13.2. The molecule has 0 radical (unpaired) electrons. The largest absolute Gasteiger partial charge is 0.384 e. The zero-order valence-corrected chi connectivity index (χ0v) is 8.29. The van der Waals surface area contributed by atoms with Gasteiger partial charge in [-0.05, 0) is 43.0 Å². The van der Waals surface area contributed by atoms with Crippen LogP contribution in [0.3, 0.4) is 0 Å². The van der Waals surface area contributed by atoms with Crippen molar-refractivity contribution in [1.82, 2.24) is 0 Å². The van der Waals surface area contributed by atoms with Crippen LogP contribution < -0.4 is 5.32 Å². The molecule has 1 aliphatic rings. The molecule has 0 saturated carbocycles. The third-order valence-corrected chi connectivity index (χ3v) is 2.31. The molecule has 0 aromatic heterocycles. The fourth-order valence-electron chi connectivity index (χ4n) is 1.81. The Morgan fingerprint density at radius 1 is 1.25 bits per heavy atom. The molecule has 66 valence electrons. The molecule has 1 nitrogen and oxygen atoms in total. The monoisotopic (exact) mass is 183 g/mol. The summed E-state index contributed by atoms with van der Waals surface area (Å²) in [5, 5.41) is 3.38. The highest BCUT2D eigenvalue weighted by Crippen LogP contribution is 2.26. The smallest absolute Gasteiger partial charge is 0.0378 e. The minimum absolute atomic E-state index is 0. The molecule has 12 heavy (non-hydrogen) atoms. The zero-order chi connectivity index (χ0) is 7.84. The molecule has 0 spiro atoms. The molecule has 1 N–H and O–H groups in total. The van der Waals surface area contributed by atoms with Crippen LogP contribution in [0.25, 0.3) is 0 Å². The SMILES string of the molecule is Cc1cc(C)c2c(c1)NCC2.Cl. The van der Waals surface area contributed by atoms with Crippen LogP contribution in [-0.4, -0.2) is 6.54 Å². The summed E-state index contributed by atoms with van der Waals surface area (Å²) in [4.78, 5) is 0. The first-order chi connectivity index (χ1) is 5.27. The van der Waals surface area contributed by atoms with Crippen LogP contribution in [0, 0.1) is 13.8 Å². The lowest BCUT2D eigenvalue weighted by Gasteiger charge is -2.04. The van der Waals surface area contributed by atoms with Gasteiger partial charge in [-0.3, -0.25) is 0 Å². The van der Waals surface area contributed by atoms with E-state index in [-0.39, 0.29) is 12.4 Å². The third-order valence-electron chi connectivity index (χ3n) is 2.31. The maximum absolute atomic E-state index is 3.38. The minimum Gasteiger partial charge on any atom is -0.384 e. The van der Waals surface area contributed by atoms with Crippen LogP contribution in [0.5, 0.6) is 0 Å². The van der Waals surface area contributed by atoms with E-state index in [4.69, 9.17) is 0 Å². The molecular weight excluding hydrogens is 170 g/mol. The van der Waals surface area contributed by atoms with E-state index in [9.17, 15) is 0 Å². The number of halogens is 1. The fourth-order valence-corrected chi connectivity index (χ4v) is 1.81. The zero-order valence-electron chi connectivity index (χ0n) is 7.48. The summed E-state index contributed by atoms with van der Waals surface area (Å²) in [6.07, 6.45) is 1.20. The summed E-state index contributed by atoms with van der Waals surface area (Å²) < 4.78 is 0. The standard InChI is InChI=1S/C10H13N.ClH/c1-7-5-8(2)9-3-4-11-10(9)6-7;/h5-6,11H,3-4H2,1-2H3;1H. The molecule has 0 amide bonds. The minimum atomic E-state index is 0. The van der Waals surface area contributed by atoms with Crippen molar-refractivity contribution in [2.45, 2.75) is 20.3 Å². The van der Waals surface area contributed by atoms with Gasteiger partial charge in [-0.25, -0.2) is 0 Å². The Hall–Kier alpha value is -0.690.